The lowest BCUT2D eigenvalue weighted by Gasteiger charge is -2.11. The van der Waals surface area contributed by atoms with Crippen LogP contribution in [0, 0.1) is 0 Å². The first kappa shape index (κ1) is 27.6. The average Bonchev–Trinajstić information content (AvgIpc) is 3.72. The molecule has 0 saturated heterocycles. The van der Waals surface area contributed by atoms with Crippen molar-refractivity contribution in [3.63, 3.8) is 0 Å². The number of rotatable bonds is 3. The lowest BCUT2D eigenvalue weighted by molar-refractivity contribution is 1.18. The fraction of sp³-hybridized carbons (Fsp3) is 0. The summed E-state index contributed by atoms with van der Waals surface area (Å²) < 4.78 is 3.58. The van der Waals surface area contributed by atoms with Crippen LogP contribution in [0.15, 0.2) is 164 Å². The van der Waals surface area contributed by atoms with Crippen LogP contribution in [-0.4, -0.2) is 14.5 Å². The summed E-state index contributed by atoms with van der Waals surface area (Å²) in [6, 6.07) is 59.0. The Balaban J connectivity index is 1.05. The molecule has 4 heteroatoms. The van der Waals surface area contributed by atoms with Crippen molar-refractivity contribution < 1.29 is 0 Å². The van der Waals surface area contributed by atoms with E-state index in [1.165, 1.54) is 59.5 Å². The van der Waals surface area contributed by atoms with Crippen LogP contribution >= 0.6 is 11.3 Å². The first-order valence-electron chi connectivity index (χ1n) is 16.9. The molecule has 0 unspecified atom stereocenters. The van der Waals surface area contributed by atoms with Crippen molar-refractivity contribution in [1.82, 2.24) is 14.5 Å². The number of hydrogen-bond donors (Lipinski definition) is 0. The van der Waals surface area contributed by atoms with Gasteiger partial charge in [-0.3, -0.25) is 0 Å². The van der Waals surface area contributed by atoms with Gasteiger partial charge in [0.15, 0.2) is 0 Å². The molecular weight excluding hydrogens is 627 g/mol. The Hall–Kier alpha value is -6.36. The Labute approximate surface area is 291 Å². The summed E-state index contributed by atoms with van der Waals surface area (Å²) in [5.41, 5.74) is 11.2. The van der Waals surface area contributed by atoms with Crippen molar-refractivity contribution in [2.45, 2.75) is 0 Å². The van der Waals surface area contributed by atoms with Gasteiger partial charge in [-0.2, -0.15) is 0 Å². The van der Waals surface area contributed by atoms with Gasteiger partial charge in [-0.15, -0.1) is 11.3 Å². The summed E-state index contributed by atoms with van der Waals surface area (Å²) in [5, 5.41) is 8.40. The molecule has 0 aliphatic rings. The monoisotopic (exact) mass is 653 g/mol. The van der Waals surface area contributed by atoms with E-state index in [9.17, 15) is 0 Å². The second-order valence-corrected chi connectivity index (χ2v) is 14.0. The van der Waals surface area contributed by atoms with Gasteiger partial charge < -0.3 is 4.57 Å². The molecular formula is C46H27N3S. The molecule has 0 radical (unpaired) electrons. The Morgan fingerprint density at radius 3 is 1.54 bits per heavy atom. The van der Waals surface area contributed by atoms with Crippen LogP contribution in [0.2, 0.25) is 0 Å². The maximum absolute atomic E-state index is 5.37. The SMILES string of the molecule is c1cc(-c2cccc(-n3c4ccccc4c4ccccc43)c2)cc(-c2ccc3sc4nc5c6ccccc6c6ccccc6c5nc4c3c2)c1. The largest absolute Gasteiger partial charge is 0.309 e. The molecule has 0 bridgehead atoms. The Morgan fingerprint density at radius 2 is 0.880 bits per heavy atom. The second-order valence-electron chi connectivity index (χ2n) is 13.0. The van der Waals surface area contributed by atoms with E-state index in [2.05, 4.69) is 168 Å². The minimum Gasteiger partial charge on any atom is -0.309 e. The van der Waals surface area contributed by atoms with Crippen LogP contribution < -0.4 is 0 Å². The smallest absolute Gasteiger partial charge is 0.143 e. The van der Waals surface area contributed by atoms with Gasteiger partial charge in [0.05, 0.1) is 22.1 Å². The molecule has 0 amide bonds. The number of aromatic nitrogens is 3. The van der Waals surface area contributed by atoms with E-state index in [1.807, 2.05) is 0 Å². The molecule has 8 aromatic carbocycles. The maximum atomic E-state index is 5.37. The van der Waals surface area contributed by atoms with Crippen molar-refractivity contribution in [3.8, 4) is 27.9 Å². The fourth-order valence-electron chi connectivity index (χ4n) is 7.88. The second kappa shape index (κ2) is 10.6. The van der Waals surface area contributed by atoms with Crippen molar-refractivity contribution in [1.29, 1.82) is 0 Å². The quantitative estimate of drug-likeness (QED) is 0.178. The number of hydrogen-bond acceptors (Lipinski definition) is 3. The van der Waals surface area contributed by atoms with E-state index in [0.717, 1.165) is 43.2 Å². The molecule has 0 spiro atoms. The molecule has 0 fully saturated rings. The first-order valence-corrected chi connectivity index (χ1v) is 17.7. The summed E-state index contributed by atoms with van der Waals surface area (Å²) in [4.78, 5) is 11.6. The van der Waals surface area contributed by atoms with Crippen LogP contribution in [0.5, 0.6) is 0 Å². The van der Waals surface area contributed by atoms with Crippen LogP contribution in [0.4, 0.5) is 0 Å². The molecule has 11 aromatic rings. The van der Waals surface area contributed by atoms with Crippen molar-refractivity contribution in [3.05, 3.63) is 164 Å². The summed E-state index contributed by atoms with van der Waals surface area (Å²) in [5.74, 6) is 0. The highest BCUT2D eigenvalue weighted by molar-refractivity contribution is 7.25. The third-order valence-corrected chi connectivity index (χ3v) is 11.2. The average molecular weight is 654 g/mol. The van der Waals surface area contributed by atoms with Crippen LogP contribution in [0.1, 0.15) is 0 Å². The lowest BCUT2D eigenvalue weighted by atomic mass is 9.98. The van der Waals surface area contributed by atoms with Crippen LogP contribution in [0.25, 0.3) is 103 Å². The summed E-state index contributed by atoms with van der Waals surface area (Å²) >= 11 is 1.72. The van der Waals surface area contributed by atoms with Gasteiger partial charge in [-0.25, -0.2) is 9.97 Å². The third-order valence-electron chi connectivity index (χ3n) is 10.2. The topological polar surface area (TPSA) is 30.7 Å². The van der Waals surface area contributed by atoms with Crippen molar-refractivity contribution in [2.75, 3.05) is 0 Å². The van der Waals surface area contributed by atoms with Gasteiger partial charge in [-0.1, -0.05) is 121 Å². The van der Waals surface area contributed by atoms with Crippen molar-refractivity contribution >= 4 is 86.2 Å². The molecule has 0 saturated carbocycles. The van der Waals surface area contributed by atoms with E-state index in [0.29, 0.717) is 0 Å². The van der Waals surface area contributed by atoms with Gasteiger partial charge in [0.1, 0.15) is 10.3 Å². The Kier molecular flexibility index (Phi) is 5.83. The molecule has 0 atom stereocenters. The standard InChI is InChI=1S/C46H27N3S/c1-3-19-37-33(15-1)34-16-2-4-20-38(34)44-43(37)47-45-39-27-31(23-24-42(39)50-46(45)48-44)29-12-9-11-28(25-29)30-13-10-14-32(26-30)49-40-21-7-5-17-35(40)36-18-6-8-22-41(36)49/h1-27H. The summed E-state index contributed by atoms with van der Waals surface area (Å²) in [6.07, 6.45) is 0. The van der Waals surface area contributed by atoms with Crippen molar-refractivity contribution in [2.24, 2.45) is 0 Å². The first-order chi connectivity index (χ1) is 24.8. The van der Waals surface area contributed by atoms with Crippen LogP contribution in [0.3, 0.4) is 0 Å². The van der Waals surface area contributed by atoms with E-state index < -0.39 is 0 Å². The predicted molar refractivity (Wildman–Crippen MR) is 213 cm³/mol. The zero-order valence-corrected chi connectivity index (χ0v) is 27.7. The van der Waals surface area contributed by atoms with Gasteiger partial charge in [0, 0.05) is 37.3 Å². The molecule has 3 nitrogen and oxygen atoms in total. The van der Waals surface area contributed by atoms with Gasteiger partial charge >= 0.3 is 0 Å². The lowest BCUT2D eigenvalue weighted by Crippen LogP contribution is -1.94. The Morgan fingerprint density at radius 1 is 0.360 bits per heavy atom. The number of benzene rings is 8. The highest BCUT2D eigenvalue weighted by Crippen LogP contribution is 2.40. The molecule has 232 valence electrons. The molecule has 0 aliphatic heterocycles. The number of nitrogens with zero attached hydrogens (tertiary/aromatic N) is 3. The number of fused-ring (bicyclic) bond motifs is 12. The Bertz CT molecular complexity index is 3110. The van der Waals surface area contributed by atoms with E-state index in [1.54, 1.807) is 11.3 Å². The molecule has 0 N–H and O–H groups in total. The van der Waals surface area contributed by atoms with Crippen LogP contribution in [-0.2, 0) is 0 Å². The predicted octanol–water partition coefficient (Wildman–Crippen LogP) is 12.7. The summed E-state index contributed by atoms with van der Waals surface area (Å²) in [7, 11) is 0. The van der Waals surface area contributed by atoms with E-state index in [-0.39, 0.29) is 0 Å². The minimum atomic E-state index is 0.960. The third kappa shape index (κ3) is 4.03. The molecule has 3 heterocycles. The summed E-state index contributed by atoms with van der Waals surface area (Å²) in [6.45, 7) is 0. The molecule has 0 aliphatic carbocycles. The highest BCUT2D eigenvalue weighted by Gasteiger charge is 2.16. The van der Waals surface area contributed by atoms with Gasteiger partial charge in [-0.05, 0) is 75.5 Å². The van der Waals surface area contributed by atoms with Gasteiger partial charge in [0.2, 0.25) is 0 Å². The highest BCUT2D eigenvalue weighted by atomic mass is 32.1. The molecule has 3 aromatic heterocycles. The minimum absolute atomic E-state index is 0.960. The maximum Gasteiger partial charge on any atom is 0.143 e. The fourth-order valence-corrected chi connectivity index (χ4v) is 8.88. The van der Waals surface area contributed by atoms with E-state index >= 15 is 0 Å². The van der Waals surface area contributed by atoms with Gasteiger partial charge in [0.25, 0.3) is 0 Å². The number of para-hydroxylation sites is 2. The molecule has 50 heavy (non-hydrogen) atoms. The van der Waals surface area contributed by atoms with E-state index in [4.69, 9.17) is 9.97 Å². The normalized spacial score (nSPS) is 12.0. The zero-order valence-electron chi connectivity index (χ0n) is 26.8. The number of thiophene rings is 1. The zero-order chi connectivity index (χ0) is 32.8. The molecule has 11 rings (SSSR count).